The van der Waals surface area contributed by atoms with Crippen LogP contribution in [0.3, 0.4) is 0 Å². The van der Waals surface area contributed by atoms with Crippen molar-refractivity contribution in [2.45, 2.75) is 13.3 Å². The molecule has 2 heterocycles. The summed E-state index contributed by atoms with van der Waals surface area (Å²) in [5, 5.41) is 0. The Labute approximate surface area is 205 Å². The summed E-state index contributed by atoms with van der Waals surface area (Å²) in [6.45, 7) is 3.34. The minimum atomic E-state index is -0.176. The predicted molar refractivity (Wildman–Crippen MR) is 133 cm³/mol. The number of hydrogen-bond acceptors (Lipinski definition) is 4. The summed E-state index contributed by atoms with van der Waals surface area (Å²) in [6, 6.07) is 23.0. The molecule has 3 aliphatic rings. The maximum atomic E-state index is 13.3. The Kier molecular flexibility index (Phi) is 5.24. The van der Waals surface area contributed by atoms with E-state index in [0.717, 1.165) is 17.9 Å². The zero-order valence-electron chi connectivity index (χ0n) is 19.9. The molecule has 2 aliphatic heterocycles. The molecule has 4 bridgehead atoms. The maximum Gasteiger partial charge on any atom is 0.231 e. The van der Waals surface area contributed by atoms with Crippen LogP contribution in [0.15, 0.2) is 72.8 Å². The van der Waals surface area contributed by atoms with E-state index in [2.05, 4.69) is 0 Å². The fraction of sp³-hybridized carbons (Fsp3) is 0.310. The molecule has 178 valence electrons. The lowest BCUT2D eigenvalue weighted by Gasteiger charge is -2.42. The number of carbonyl (C=O) groups excluding carboxylic acids is 2. The predicted octanol–water partition coefficient (Wildman–Crippen LogP) is 5.27. The van der Waals surface area contributed by atoms with Crippen LogP contribution in [-0.4, -0.2) is 36.9 Å². The molecule has 0 radical (unpaired) electrons. The number of amides is 2. The van der Waals surface area contributed by atoms with Crippen molar-refractivity contribution in [3.05, 3.63) is 78.4 Å². The van der Waals surface area contributed by atoms with Crippen molar-refractivity contribution < 1.29 is 19.1 Å². The number of piperidine rings is 2. The molecule has 35 heavy (non-hydrogen) atoms. The Morgan fingerprint density at radius 3 is 1.94 bits per heavy atom. The third-order valence-electron chi connectivity index (χ3n) is 7.59. The highest BCUT2D eigenvalue weighted by atomic mass is 16.5. The smallest absolute Gasteiger partial charge is 0.231 e. The molecule has 2 saturated heterocycles. The van der Waals surface area contributed by atoms with E-state index >= 15 is 0 Å². The van der Waals surface area contributed by atoms with Gasteiger partial charge < -0.3 is 19.3 Å². The number of anilines is 1. The van der Waals surface area contributed by atoms with E-state index in [9.17, 15) is 9.59 Å². The van der Waals surface area contributed by atoms with Gasteiger partial charge in [0.05, 0.1) is 11.8 Å². The fourth-order valence-electron chi connectivity index (χ4n) is 5.96. The molecular weight excluding hydrogens is 440 g/mol. The van der Waals surface area contributed by atoms with Crippen molar-refractivity contribution in [2.24, 2.45) is 23.7 Å². The summed E-state index contributed by atoms with van der Waals surface area (Å²) < 4.78 is 12.0. The second-order valence-corrected chi connectivity index (χ2v) is 9.96. The van der Waals surface area contributed by atoms with Crippen LogP contribution in [0.4, 0.5) is 5.69 Å². The molecule has 3 fully saturated rings. The van der Waals surface area contributed by atoms with Crippen LogP contribution in [0.25, 0.3) is 0 Å². The maximum absolute atomic E-state index is 13.3. The molecule has 0 N–H and O–H groups in total. The highest BCUT2D eigenvalue weighted by Crippen LogP contribution is 2.51. The van der Waals surface area contributed by atoms with Crippen molar-refractivity contribution in [1.29, 1.82) is 0 Å². The molecule has 2 amide bonds. The first-order valence-corrected chi connectivity index (χ1v) is 12.1. The van der Waals surface area contributed by atoms with Gasteiger partial charge in [-0.15, -0.1) is 0 Å². The average Bonchev–Trinajstić information content (AvgIpc) is 3.07. The van der Waals surface area contributed by atoms with Gasteiger partial charge in [-0.25, -0.2) is 0 Å². The van der Waals surface area contributed by atoms with Crippen molar-refractivity contribution in [1.82, 2.24) is 4.90 Å². The van der Waals surface area contributed by atoms with Crippen molar-refractivity contribution in [2.75, 3.05) is 25.0 Å². The first kappa shape index (κ1) is 21.7. The van der Waals surface area contributed by atoms with Gasteiger partial charge in [0, 0.05) is 31.9 Å². The van der Waals surface area contributed by atoms with Crippen LogP contribution < -0.4 is 14.4 Å². The molecule has 0 aromatic heterocycles. The van der Waals surface area contributed by atoms with Gasteiger partial charge in [0.15, 0.2) is 0 Å². The number of hydrogen-bond donors (Lipinski definition) is 0. The Bertz CT molecular complexity index is 1270. The highest BCUT2D eigenvalue weighted by molar-refractivity contribution is 6.01. The van der Waals surface area contributed by atoms with Crippen LogP contribution in [0.5, 0.6) is 23.0 Å². The molecule has 0 spiro atoms. The molecule has 3 aromatic rings. The van der Waals surface area contributed by atoms with Gasteiger partial charge in [0.1, 0.15) is 23.0 Å². The van der Waals surface area contributed by atoms with Gasteiger partial charge >= 0.3 is 0 Å². The third-order valence-corrected chi connectivity index (χ3v) is 7.59. The van der Waals surface area contributed by atoms with Crippen molar-refractivity contribution in [3.63, 3.8) is 0 Å². The highest BCUT2D eigenvalue weighted by Gasteiger charge is 2.59. The first-order chi connectivity index (χ1) is 17.0. The number of carbonyl (C=O) groups is 2. The number of ether oxygens (including phenoxy) is 2. The first-order valence-electron chi connectivity index (χ1n) is 12.1. The lowest BCUT2D eigenvalue weighted by atomic mass is 9.79. The molecule has 1 saturated carbocycles. The van der Waals surface area contributed by atoms with Gasteiger partial charge in [-0.05, 0) is 73.7 Å². The summed E-state index contributed by atoms with van der Waals surface area (Å²) in [5.41, 5.74) is 2.04. The van der Waals surface area contributed by atoms with Crippen LogP contribution in [0.2, 0.25) is 0 Å². The van der Waals surface area contributed by atoms with Crippen molar-refractivity contribution >= 4 is 17.5 Å². The standard InChI is InChI=1S/C29H28N2O4/c1-18-6-10-22(11-7-18)34-24-4-3-5-25(15-24)35-23-12-8-21(9-13-23)31-17-20-14-19-16-30(2)28(32)26(20)27(19)29(31)33/h3-13,15,19-20,26-27H,14,16-17H2,1-2H3. The second-order valence-electron chi connectivity index (χ2n) is 9.96. The molecule has 4 unspecified atom stereocenters. The number of benzene rings is 3. The van der Waals surface area contributed by atoms with Gasteiger partial charge in [0.25, 0.3) is 0 Å². The van der Waals surface area contributed by atoms with E-state index in [1.54, 1.807) is 0 Å². The zero-order chi connectivity index (χ0) is 24.1. The van der Waals surface area contributed by atoms with Gasteiger partial charge in [-0.3, -0.25) is 9.59 Å². The lowest BCUT2D eigenvalue weighted by Crippen LogP contribution is -2.56. The third kappa shape index (κ3) is 3.93. The minimum absolute atomic E-state index is 0.0878. The van der Waals surface area contributed by atoms with Gasteiger partial charge in [0.2, 0.25) is 11.8 Å². The van der Waals surface area contributed by atoms with Gasteiger partial charge in [-0.1, -0.05) is 23.8 Å². The number of aryl methyl sites for hydroxylation is 1. The molecule has 6 heteroatoms. The minimum Gasteiger partial charge on any atom is -0.457 e. The number of likely N-dealkylation sites (tertiary alicyclic amines) is 1. The van der Waals surface area contributed by atoms with Crippen LogP contribution in [0.1, 0.15) is 12.0 Å². The molecule has 1 aliphatic carbocycles. The summed E-state index contributed by atoms with van der Waals surface area (Å²) >= 11 is 0. The average molecular weight is 469 g/mol. The number of rotatable bonds is 5. The monoisotopic (exact) mass is 468 g/mol. The summed E-state index contributed by atoms with van der Waals surface area (Å²) in [4.78, 5) is 29.7. The number of nitrogens with zero attached hydrogens (tertiary/aromatic N) is 2. The summed E-state index contributed by atoms with van der Waals surface area (Å²) in [7, 11) is 1.85. The van der Waals surface area contributed by atoms with E-state index in [1.165, 1.54) is 5.56 Å². The molecule has 4 atom stereocenters. The Morgan fingerprint density at radius 1 is 0.714 bits per heavy atom. The van der Waals surface area contributed by atoms with Crippen LogP contribution in [0, 0.1) is 30.6 Å². The van der Waals surface area contributed by atoms with E-state index in [-0.39, 0.29) is 35.5 Å². The van der Waals surface area contributed by atoms with Gasteiger partial charge in [-0.2, -0.15) is 0 Å². The quantitative estimate of drug-likeness (QED) is 0.512. The molecule has 6 rings (SSSR count). The summed E-state index contributed by atoms with van der Waals surface area (Å²) in [6.07, 6.45) is 0.954. The Hall–Kier alpha value is -3.80. The Balaban J connectivity index is 1.14. The zero-order valence-corrected chi connectivity index (χ0v) is 19.9. The Morgan fingerprint density at radius 2 is 1.29 bits per heavy atom. The van der Waals surface area contributed by atoms with Crippen LogP contribution in [-0.2, 0) is 9.59 Å². The molecule has 6 nitrogen and oxygen atoms in total. The van der Waals surface area contributed by atoms with E-state index < -0.39 is 0 Å². The second kappa shape index (κ2) is 8.45. The normalized spacial score (nSPS) is 25.1. The van der Waals surface area contributed by atoms with Crippen molar-refractivity contribution in [3.8, 4) is 23.0 Å². The largest absolute Gasteiger partial charge is 0.457 e. The topological polar surface area (TPSA) is 59.1 Å². The molecule has 3 aromatic carbocycles. The fourth-order valence-corrected chi connectivity index (χ4v) is 5.96. The SMILES string of the molecule is Cc1ccc(Oc2cccc(Oc3ccc(N4CC5CC6CN(C)C(=O)C5C6C4=O)cc3)c2)cc1. The lowest BCUT2D eigenvalue weighted by molar-refractivity contribution is -0.147. The van der Waals surface area contributed by atoms with E-state index in [1.807, 2.05) is 96.6 Å². The van der Waals surface area contributed by atoms with E-state index in [4.69, 9.17) is 9.47 Å². The van der Waals surface area contributed by atoms with E-state index in [0.29, 0.717) is 30.3 Å². The molecular formula is C29H28N2O4. The van der Waals surface area contributed by atoms with Crippen LogP contribution >= 0.6 is 0 Å². The summed E-state index contributed by atoms with van der Waals surface area (Å²) in [5.74, 6) is 3.26.